The van der Waals surface area contributed by atoms with Crippen LogP contribution in [-0.4, -0.2) is 75.7 Å². The molecule has 1 N–H and O–H groups in total. The van der Waals surface area contributed by atoms with Gasteiger partial charge in [-0.25, -0.2) is 8.42 Å². The summed E-state index contributed by atoms with van der Waals surface area (Å²) < 4.78 is 30.5. The Morgan fingerprint density at radius 2 is 1.85 bits per heavy atom. The first-order valence-electron chi connectivity index (χ1n) is 8.91. The molecule has 0 unspecified atom stereocenters. The topological polar surface area (TPSA) is 79.0 Å². The molecule has 1 saturated heterocycles. The number of amides is 1. The van der Waals surface area contributed by atoms with Crippen molar-refractivity contribution < 1.29 is 17.9 Å². The lowest BCUT2D eigenvalue weighted by atomic mass is 10.0. The fourth-order valence-corrected chi connectivity index (χ4v) is 3.52. The van der Waals surface area contributed by atoms with Crippen LogP contribution in [0.15, 0.2) is 24.3 Å². The van der Waals surface area contributed by atoms with E-state index in [9.17, 15) is 13.2 Å². The number of anilines is 1. The van der Waals surface area contributed by atoms with E-state index >= 15 is 0 Å². The van der Waals surface area contributed by atoms with Crippen LogP contribution in [-0.2, 0) is 19.6 Å². The minimum Gasteiger partial charge on any atom is -0.379 e. The Morgan fingerprint density at radius 1 is 1.23 bits per heavy atom. The number of nitrogens with zero attached hydrogens (tertiary/aromatic N) is 2. The molecule has 1 heterocycles. The van der Waals surface area contributed by atoms with E-state index in [1.165, 1.54) is 9.87 Å². The molecule has 26 heavy (non-hydrogen) atoms. The van der Waals surface area contributed by atoms with E-state index < -0.39 is 10.0 Å². The summed E-state index contributed by atoms with van der Waals surface area (Å²) in [5, 5.41) is 2.77. The molecule has 0 radical (unpaired) electrons. The summed E-state index contributed by atoms with van der Waals surface area (Å²) in [5.41, 5.74) is 1.85. The van der Waals surface area contributed by atoms with E-state index in [1.807, 2.05) is 24.3 Å². The second-order valence-electron chi connectivity index (χ2n) is 6.88. The average molecular weight is 384 g/mol. The first kappa shape index (κ1) is 20.8. The lowest BCUT2D eigenvalue weighted by Crippen LogP contribution is -2.45. The molecule has 0 spiro atoms. The van der Waals surface area contributed by atoms with Gasteiger partial charge in [-0.1, -0.05) is 26.0 Å². The zero-order valence-electron chi connectivity index (χ0n) is 15.8. The monoisotopic (exact) mass is 383 g/mol. The van der Waals surface area contributed by atoms with E-state index in [-0.39, 0.29) is 12.5 Å². The van der Waals surface area contributed by atoms with Crippen LogP contribution in [0.4, 0.5) is 5.69 Å². The zero-order valence-corrected chi connectivity index (χ0v) is 16.6. The maximum absolute atomic E-state index is 12.3. The molecule has 1 fully saturated rings. The van der Waals surface area contributed by atoms with Gasteiger partial charge in [0.2, 0.25) is 15.9 Å². The third kappa shape index (κ3) is 6.68. The van der Waals surface area contributed by atoms with Crippen LogP contribution in [0.1, 0.15) is 25.3 Å². The van der Waals surface area contributed by atoms with E-state index in [0.717, 1.165) is 19.3 Å². The molecule has 7 nitrogen and oxygen atoms in total. The van der Waals surface area contributed by atoms with Gasteiger partial charge in [-0.3, -0.25) is 9.69 Å². The number of hydrogen-bond acceptors (Lipinski definition) is 5. The number of rotatable bonds is 8. The van der Waals surface area contributed by atoms with Gasteiger partial charge in [-0.15, -0.1) is 0 Å². The minimum atomic E-state index is -3.46. The predicted octanol–water partition coefficient (Wildman–Crippen LogP) is 1.34. The second kappa shape index (κ2) is 9.45. The smallest absolute Gasteiger partial charge is 0.239 e. The summed E-state index contributed by atoms with van der Waals surface area (Å²) in [6.07, 6.45) is 1.14. The highest BCUT2D eigenvalue weighted by Gasteiger charge is 2.21. The molecule has 0 aliphatic carbocycles. The van der Waals surface area contributed by atoms with Crippen molar-refractivity contribution in [1.29, 1.82) is 0 Å². The molecule has 1 amide bonds. The Balaban J connectivity index is 1.90. The van der Waals surface area contributed by atoms with Crippen LogP contribution in [0.25, 0.3) is 0 Å². The highest BCUT2D eigenvalue weighted by molar-refractivity contribution is 7.88. The van der Waals surface area contributed by atoms with Crippen molar-refractivity contribution in [2.24, 2.45) is 0 Å². The lowest BCUT2D eigenvalue weighted by molar-refractivity contribution is -0.116. The van der Waals surface area contributed by atoms with Crippen LogP contribution in [0.3, 0.4) is 0 Å². The number of ether oxygens (including phenoxy) is 1. The Bertz CT molecular complexity index is 683. The van der Waals surface area contributed by atoms with Gasteiger partial charge in [0.25, 0.3) is 0 Å². The van der Waals surface area contributed by atoms with Crippen LogP contribution >= 0.6 is 0 Å². The highest BCUT2D eigenvalue weighted by atomic mass is 32.2. The standard InChI is InChI=1S/C18H29N3O4S/c1-15(2)16-4-6-17(7-5-16)19-18(22)14-21(26(3,23)24)9-8-20-10-12-25-13-11-20/h4-7,15H,8-14H2,1-3H3,(H,19,22). The van der Waals surface area contributed by atoms with E-state index in [4.69, 9.17) is 4.74 Å². The molecule has 1 aliphatic rings. The van der Waals surface area contributed by atoms with Gasteiger partial charge in [0.1, 0.15) is 0 Å². The summed E-state index contributed by atoms with van der Waals surface area (Å²) in [4.78, 5) is 14.4. The molecule has 1 aromatic carbocycles. The van der Waals surface area contributed by atoms with E-state index in [2.05, 4.69) is 24.1 Å². The molecule has 2 rings (SSSR count). The van der Waals surface area contributed by atoms with Gasteiger partial charge in [-0.2, -0.15) is 4.31 Å². The van der Waals surface area contributed by atoms with Crippen LogP contribution in [0.2, 0.25) is 0 Å². The van der Waals surface area contributed by atoms with Crippen molar-refractivity contribution in [3.63, 3.8) is 0 Å². The number of carbonyl (C=O) groups excluding carboxylic acids is 1. The maximum atomic E-state index is 12.3. The normalized spacial score (nSPS) is 16.2. The summed E-state index contributed by atoms with van der Waals surface area (Å²) in [7, 11) is -3.46. The number of benzene rings is 1. The van der Waals surface area contributed by atoms with Crippen molar-refractivity contribution in [2.45, 2.75) is 19.8 Å². The van der Waals surface area contributed by atoms with Crippen LogP contribution < -0.4 is 5.32 Å². The Hall–Kier alpha value is -1.48. The fourth-order valence-electron chi connectivity index (χ4n) is 2.75. The quantitative estimate of drug-likeness (QED) is 0.733. The molecule has 0 bridgehead atoms. The third-order valence-electron chi connectivity index (χ3n) is 4.42. The van der Waals surface area contributed by atoms with Crippen molar-refractivity contribution >= 4 is 21.6 Å². The minimum absolute atomic E-state index is 0.185. The zero-order chi connectivity index (χ0) is 19.2. The number of nitrogens with one attached hydrogen (secondary N) is 1. The predicted molar refractivity (Wildman–Crippen MR) is 103 cm³/mol. The van der Waals surface area contributed by atoms with Gasteiger partial charge in [-0.05, 0) is 23.6 Å². The Labute approximate surface area is 156 Å². The molecular formula is C18H29N3O4S. The molecule has 0 aromatic heterocycles. The van der Waals surface area contributed by atoms with Gasteiger partial charge in [0.05, 0.1) is 26.0 Å². The van der Waals surface area contributed by atoms with Crippen LogP contribution in [0.5, 0.6) is 0 Å². The van der Waals surface area contributed by atoms with Gasteiger partial charge >= 0.3 is 0 Å². The largest absolute Gasteiger partial charge is 0.379 e. The molecule has 146 valence electrons. The summed E-state index contributed by atoms with van der Waals surface area (Å²) in [6.45, 7) is 7.79. The van der Waals surface area contributed by atoms with Gasteiger partial charge in [0, 0.05) is 31.9 Å². The van der Waals surface area contributed by atoms with Crippen molar-refractivity contribution in [3.8, 4) is 0 Å². The summed E-state index contributed by atoms with van der Waals surface area (Å²) in [5.74, 6) is 0.0790. The fraction of sp³-hybridized carbons (Fsp3) is 0.611. The SMILES string of the molecule is CC(C)c1ccc(NC(=O)CN(CCN2CCOCC2)S(C)(=O)=O)cc1. The van der Waals surface area contributed by atoms with Crippen molar-refractivity contribution in [3.05, 3.63) is 29.8 Å². The summed E-state index contributed by atoms with van der Waals surface area (Å²) >= 11 is 0. The molecule has 0 saturated carbocycles. The maximum Gasteiger partial charge on any atom is 0.239 e. The Morgan fingerprint density at radius 3 is 2.38 bits per heavy atom. The molecular weight excluding hydrogens is 354 g/mol. The van der Waals surface area contributed by atoms with E-state index in [1.54, 1.807) is 0 Å². The first-order valence-corrected chi connectivity index (χ1v) is 10.8. The third-order valence-corrected chi connectivity index (χ3v) is 5.67. The first-order chi connectivity index (χ1) is 12.3. The molecule has 8 heteroatoms. The number of morpholine rings is 1. The Kier molecular flexibility index (Phi) is 7.57. The molecule has 1 aromatic rings. The number of carbonyl (C=O) groups is 1. The number of hydrogen-bond donors (Lipinski definition) is 1. The van der Waals surface area contributed by atoms with Crippen LogP contribution in [0, 0.1) is 0 Å². The average Bonchev–Trinajstić information content (AvgIpc) is 2.59. The van der Waals surface area contributed by atoms with Crippen molar-refractivity contribution in [1.82, 2.24) is 9.21 Å². The lowest BCUT2D eigenvalue weighted by Gasteiger charge is -2.29. The highest BCUT2D eigenvalue weighted by Crippen LogP contribution is 2.17. The van der Waals surface area contributed by atoms with Gasteiger partial charge < -0.3 is 10.1 Å². The molecule has 1 aliphatic heterocycles. The summed E-state index contributed by atoms with van der Waals surface area (Å²) in [6, 6.07) is 7.61. The van der Waals surface area contributed by atoms with Gasteiger partial charge in [0.15, 0.2) is 0 Å². The number of sulfonamides is 1. The van der Waals surface area contributed by atoms with Crippen molar-refractivity contribution in [2.75, 3.05) is 57.5 Å². The molecule has 0 atom stereocenters. The van der Waals surface area contributed by atoms with E-state index in [0.29, 0.717) is 37.9 Å². The second-order valence-corrected chi connectivity index (χ2v) is 8.86.